The van der Waals surface area contributed by atoms with Gasteiger partial charge in [0, 0.05) is 25.7 Å². The maximum Gasteiger partial charge on any atom is 0.472 e. The van der Waals surface area contributed by atoms with Crippen LogP contribution in [0.5, 0.6) is 0 Å². The van der Waals surface area contributed by atoms with Gasteiger partial charge in [-0.3, -0.25) is 37.3 Å². The van der Waals surface area contributed by atoms with Gasteiger partial charge in [-0.05, 0) is 63.2 Å². The first-order valence-corrected chi connectivity index (χ1v) is 44.8. The van der Waals surface area contributed by atoms with Gasteiger partial charge in [0.1, 0.15) is 19.3 Å². The fourth-order valence-corrected chi connectivity index (χ4v) is 13.8. The van der Waals surface area contributed by atoms with E-state index >= 15 is 0 Å². The number of esters is 4. The first-order chi connectivity index (χ1) is 48.9. The van der Waals surface area contributed by atoms with Crippen LogP contribution in [0.1, 0.15) is 408 Å². The van der Waals surface area contributed by atoms with Gasteiger partial charge < -0.3 is 33.8 Å². The second kappa shape index (κ2) is 73.1. The van der Waals surface area contributed by atoms with E-state index in [2.05, 4.69) is 65.8 Å². The molecule has 2 unspecified atom stereocenters. The van der Waals surface area contributed by atoms with E-state index in [1.165, 1.54) is 205 Å². The van der Waals surface area contributed by atoms with Gasteiger partial charge >= 0.3 is 39.5 Å². The van der Waals surface area contributed by atoms with E-state index in [0.717, 1.165) is 115 Å². The quantitative estimate of drug-likeness (QED) is 0.0169. The number of hydrogen-bond donors (Lipinski definition) is 3. The SMILES string of the molecule is CCCCCC/C=C\C=C/CCCCCCCC(=O)O[C@H](COC(=O)CCCCCCCCC(C)C)COP(=O)(O)OC[C@H](O)COP(=O)(O)OC[C@@H](COC(=O)CCCCCCCCCCCCCCCCCC)OC(=O)CCCCCCCCCCCCCCCCCCCCC(C)C. The lowest BCUT2D eigenvalue weighted by atomic mass is 10.0. The minimum absolute atomic E-state index is 0.0842. The summed E-state index contributed by atoms with van der Waals surface area (Å²) in [5.41, 5.74) is 0. The summed E-state index contributed by atoms with van der Waals surface area (Å²) >= 11 is 0. The summed E-state index contributed by atoms with van der Waals surface area (Å²) in [6.45, 7) is 9.52. The van der Waals surface area contributed by atoms with Gasteiger partial charge in [0.05, 0.1) is 26.4 Å². The van der Waals surface area contributed by atoms with Crippen LogP contribution in [-0.2, 0) is 65.4 Å². The van der Waals surface area contributed by atoms with Crippen molar-refractivity contribution >= 4 is 39.5 Å². The van der Waals surface area contributed by atoms with Gasteiger partial charge in [0.25, 0.3) is 0 Å². The molecular formula is C82H156O17P2. The van der Waals surface area contributed by atoms with Crippen molar-refractivity contribution in [3.8, 4) is 0 Å². The van der Waals surface area contributed by atoms with Gasteiger partial charge in [0.2, 0.25) is 0 Å². The van der Waals surface area contributed by atoms with Crippen molar-refractivity contribution in [3.05, 3.63) is 24.3 Å². The number of aliphatic hydroxyl groups excluding tert-OH is 1. The average Bonchev–Trinajstić information content (AvgIpc) is 0.919. The van der Waals surface area contributed by atoms with Crippen LogP contribution in [0.3, 0.4) is 0 Å². The lowest BCUT2D eigenvalue weighted by Gasteiger charge is -2.21. The number of allylic oxidation sites excluding steroid dienone is 4. The second-order valence-electron chi connectivity index (χ2n) is 29.8. The van der Waals surface area contributed by atoms with Gasteiger partial charge in [-0.25, -0.2) is 9.13 Å². The molecule has 0 bridgehead atoms. The van der Waals surface area contributed by atoms with Crippen molar-refractivity contribution in [1.29, 1.82) is 0 Å². The first-order valence-electron chi connectivity index (χ1n) is 41.8. The third-order valence-electron chi connectivity index (χ3n) is 18.6. The Morgan fingerprint density at radius 3 is 0.812 bits per heavy atom. The number of phosphoric ester groups is 2. The molecule has 5 atom stereocenters. The number of unbranched alkanes of at least 4 members (excludes halogenated alkanes) is 46. The number of rotatable bonds is 79. The minimum atomic E-state index is -4.97. The largest absolute Gasteiger partial charge is 0.472 e. The van der Waals surface area contributed by atoms with Crippen LogP contribution >= 0.6 is 15.6 Å². The molecule has 0 aromatic carbocycles. The standard InChI is InChI=1S/C82H156O17P2/c1-7-9-11-13-15-17-19-21-23-30-33-37-41-45-52-58-64-79(84)92-70-77(98-81(86)66-61-55-47-43-39-35-31-27-25-24-26-29-32-36-40-44-50-56-62-74(3)4)72-96-100(88,89)94-68-76(83)69-95-101(90,91)97-73-78(71-93-80(85)65-59-53-49-48-51-57-63-75(5)6)99-82(87)67-60-54-46-42-38-34-28-22-20-18-16-14-12-10-8-2/h18,20,22,28,74-78,83H,7-17,19,21,23-27,29-73H2,1-6H3,(H,88,89)(H,90,91)/b20-18-,28-22-/t76-,77-,78-/m1/s1. The summed E-state index contributed by atoms with van der Waals surface area (Å²) in [6, 6.07) is 0. The lowest BCUT2D eigenvalue weighted by molar-refractivity contribution is -0.161. The summed E-state index contributed by atoms with van der Waals surface area (Å²) in [5, 5.41) is 10.6. The number of ether oxygens (including phenoxy) is 4. The summed E-state index contributed by atoms with van der Waals surface area (Å²) in [5.74, 6) is -0.645. The fourth-order valence-electron chi connectivity index (χ4n) is 12.2. The number of carbonyl (C=O) groups is 4. The van der Waals surface area contributed by atoms with E-state index in [9.17, 15) is 43.2 Å². The zero-order chi connectivity index (χ0) is 74.2. The fraction of sp³-hybridized carbons (Fsp3) is 0.902. The highest BCUT2D eigenvalue weighted by molar-refractivity contribution is 7.47. The molecule has 0 aliphatic heterocycles. The Labute approximate surface area is 618 Å². The number of phosphoric acid groups is 2. The highest BCUT2D eigenvalue weighted by Crippen LogP contribution is 2.45. The summed E-state index contributed by atoms with van der Waals surface area (Å²) < 4.78 is 68.6. The van der Waals surface area contributed by atoms with Crippen LogP contribution < -0.4 is 0 Å². The maximum atomic E-state index is 13.1. The maximum absolute atomic E-state index is 13.1. The normalized spacial score (nSPS) is 14.0. The molecule has 3 N–H and O–H groups in total. The van der Waals surface area contributed by atoms with Gasteiger partial charge in [-0.1, -0.05) is 355 Å². The molecule has 0 amide bonds. The van der Waals surface area contributed by atoms with Crippen LogP contribution in [0.4, 0.5) is 0 Å². The lowest BCUT2D eigenvalue weighted by Crippen LogP contribution is -2.30. The molecule has 0 aromatic rings. The van der Waals surface area contributed by atoms with Crippen LogP contribution in [0, 0.1) is 11.8 Å². The average molecular weight is 1480 g/mol. The predicted octanol–water partition coefficient (Wildman–Crippen LogP) is 24.2. The molecule has 0 saturated carbocycles. The molecule has 0 rings (SSSR count). The molecule has 596 valence electrons. The Bertz CT molecular complexity index is 2040. The van der Waals surface area contributed by atoms with Gasteiger partial charge in [0.15, 0.2) is 12.2 Å². The predicted molar refractivity (Wildman–Crippen MR) is 414 cm³/mol. The molecule has 0 spiro atoms. The van der Waals surface area contributed by atoms with Crippen LogP contribution in [-0.4, -0.2) is 96.7 Å². The van der Waals surface area contributed by atoms with Gasteiger partial charge in [-0.15, -0.1) is 0 Å². The van der Waals surface area contributed by atoms with E-state index in [4.69, 9.17) is 37.0 Å². The summed E-state index contributed by atoms with van der Waals surface area (Å²) in [4.78, 5) is 73.0. The number of aliphatic hydroxyl groups is 1. The van der Waals surface area contributed by atoms with Crippen LogP contribution in [0.2, 0.25) is 0 Å². The molecule has 0 aliphatic carbocycles. The highest BCUT2D eigenvalue weighted by Gasteiger charge is 2.30. The monoisotopic (exact) mass is 1480 g/mol. The molecule has 0 fully saturated rings. The summed E-state index contributed by atoms with van der Waals surface area (Å²) in [6.07, 6.45) is 66.2. The Morgan fingerprint density at radius 1 is 0.307 bits per heavy atom. The number of carbonyl (C=O) groups excluding carboxylic acids is 4. The Balaban J connectivity index is 5.24. The third kappa shape index (κ3) is 75.6. The third-order valence-corrected chi connectivity index (χ3v) is 20.5. The van der Waals surface area contributed by atoms with E-state index in [1.54, 1.807) is 0 Å². The van der Waals surface area contributed by atoms with E-state index in [1.807, 2.05) is 0 Å². The van der Waals surface area contributed by atoms with Crippen molar-refractivity contribution in [2.45, 2.75) is 426 Å². The molecule has 0 heterocycles. The topological polar surface area (TPSA) is 237 Å². The molecule has 0 aliphatic rings. The Kier molecular flexibility index (Phi) is 71.3. The van der Waals surface area contributed by atoms with E-state index in [-0.39, 0.29) is 25.7 Å². The first kappa shape index (κ1) is 98.5. The van der Waals surface area contributed by atoms with E-state index in [0.29, 0.717) is 31.6 Å². The second-order valence-corrected chi connectivity index (χ2v) is 32.7. The van der Waals surface area contributed by atoms with Crippen LogP contribution in [0.25, 0.3) is 0 Å². The minimum Gasteiger partial charge on any atom is -0.462 e. The molecule has 0 radical (unpaired) electrons. The molecular weight excluding hydrogens is 1320 g/mol. The zero-order valence-corrected chi connectivity index (χ0v) is 67.5. The van der Waals surface area contributed by atoms with Crippen molar-refractivity contribution in [3.63, 3.8) is 0 Å². The zero-order valence-electron chi connectivity index (χ0n) is 65.7. The van der Waals surface area contributed by atoms with Crippen LogP contribution in [0.15, 0.2) is 24.3 Å². The van der Waals surface area contributed by atoms with Crippen molar-refractivity contribution in [2.24, 2.45) is 11.8 Å². The molecule has 17 nitrogen and oxygen atoms in total. The van der Waals surface area contributed by atoms with Crippen molar-refractivity contribution in [2.75, 3.05) is 39.6 Å². The summed E-state index contributed by atoms with van der Waals surface area (Å²) in [7, 11) is -9.93. The molecule has 101 heavy (non-hydrogen) atoms. The number of hydrogen-bond acceptors (Lipinski definition) is 15. The molecule has 19 heteroatoms. The highest BCUT2D eigenvalue weighted by atomic mass is 31.2. The van der Waals surface area contributed by atoms with Crippen molar-refractivity contribution < 1.29 is 80.2 Å². The van der Waals surface area contributed by atoms with Crippen molar-refractivity contribution in [1.82, 2.24) is 0 Å². The Hall–Kier alpha value is -2.46. The van der Waals surface area contributed by atoms with Gasteiger partial charge in [-0.2, -0.15) is 0 Å². The molecule has 0 saturated heterocycles. The van der Waals surface area contributed by atoms with E-state index < -0.39 is 97.5 Å². The molecule has 0 aromatic heterocycles. The smallest absolute Gasteiger partial charge is 0.462 e. The Morgan fingerprint density at radius 2 is 0.535 bits per heavy atom.